The number of nitrogens with zero attached hydrogens (tertiary/aromatic N) is 7. The molecule has 0 saturated heterocycles. The van der Waals surface area contributed by atoms with E-state index in [-0.39, 0.29) is 50.8 Å². The smallest absolute Gasteiger partial charge is 0.295 e. The van der Waals surface area contributed by atoms with Crippen molar-refractivity contribution in [3.05, 3.63) is 108 Å². The Morgan fingerprint density at radius 2 is 0.884 bits per heavy atom. The third kappa shape index (κ3) is 12.2. The fourth-order valence-corrected chi connectivity index (χ4v) is 9.95. The lowest BCUT2D eigenvalue weighted by atomic mass is 10.1. The number of aromatic nitrogens is 3. The zero-order chi connectivity index (χ0) is 49.9. The molecule has 0 bridgehead atoms. The predicted molar refractivity (Wildman–Crippen MR) is 257 cm³/mol. The van der Waals surface area contributed by atoms with Gasteiger partial charge in [-0.25, -0.2) is 0 Å². The Morgan fingerprint density at radius 1 is 0.464 bits per heavy atom. The molecule has 7 aromatic rings. The maximum absolute atomic E-state index is 12.3. The Bertz CT molecular complexity index is 3460. The van der Waals surface area contributed by atoms with Gasteiger partial charge in [-0.1, -0.05) is 50.5 Å². The molecule has 1 aromatic heterocycles. The summed E-state index contributed by atoms with van der Waals surface area (Å²) >= 11 is 0. The number of benzene rings is 6. The maximum atomic E-state index is 12.3. The molecule has 7 rings (SSSR count). The summed E-state index contributed by atoms with van der Waals surface area (Å²) in [5.41, 5.74) is 2.68. The molecule has 0 aliphatic carbocycles. The van der Waals surface area contributed by atoms with Crippen molar-refractivity contribution in [1.82, 2.24) is 15.0 Å². The van der Waals surface area contributed by atoms with Crippen molar-refractivity contribution in [2.24, 2.45) is 20.5 Å². The highest BCUT2D eigenvalue weighted by Crippen LogP contribution is 2.36. The minimum atomic E-state index is -4.86. The number of hydrogen-bond donors (Lipinski definition) is 7. The second-order valence-corrected chi connectivity index (χ2v) is 21.0. The molecule has 0 saturated carbocycles. The summed E-state index contributed by atoms with van der Waals surface area (Å²) in [6, 6.07) is 21.6. The number of hydrogen-bond acceptors (Lipinski definition) is 18. The number of rotatable bonds is 18. The summed E-state index contributed by atoms with van der Waals surface area (Å²) < 4.78 is 137. The van der Waals surface area contributed by atoms with Crippen LogP contribution >= 0.6 is 0 Å². The number of fused-ring (bicyclic) bond motifs is 2. The van der Waals surface area contributed by atoms with Crippen LogP contribution < -0.4 is 16.0 Å². The molecule has 0 aliphatic rings. The Morgan fingerprint density at radius 3 is 1.28 bits per heavy atom. The lowest BCUT2D eigenvalue weighted by Gasteiger charge is -2.13. The van der Waals surface area contributed by atoms with Crippen LogP contribution in [0.1, 0.15) is 43.7 Å². The largest absolute Gasteiger partial charge is 0.354 e. The number of anilines is 5. The minimum absolute atomic E-state index is 0.126. The van der Waals surface area contributed by atoms with Crippen molar-refractivity contribution >= 4 is 114 Å². The molecule has 1 heterocycles. The SMILES string of the molecule is CCCCCCNc1nc(Nc2ccc(N=Nc3cc(S(=O)(=O)O)c4cccc(S(=O)(=O)O)c4c3)c(C)c2)nc(Nc2ccc(N=Nc3cc(S(=O)(=O)O)c4cccc(S(=O)(=O)O)c4c3)c(C)c2)n1. The molecule has 0 unspecified atom stereocenters. The molecule has 69 heavy (non-hydrogen) atoms. The van der Waals surface area contributed by atoms with Crippen LogP contribution in [-0.4, -0.2) is 73.4 Å². The van der Waals surface area contributed by atoms with Gasteiger partial charge < -0.3 is 16.0 Å². The first-order valence-electron chi connectivity index (χ1n) is 20.6. The Labute approximate surface area is 396 Å². The molecular weight excluding hydrogens is 977 g/mol. The van der Waals surface area contributed by atoms with E-state index in [0.29, 0.717) is 40.4 Å². The second-order valence-electron chi connectivity index (χ2n) is 15.4. The van der Waals surface area contributed by atoms with Gasteiger partial charge in [-0.3, -0.25) is 18.2 Å². The zero-order valence-electron chi connectivity index (χ0n) is 36.6. The lowest BCUT2D eigenvalue weighted by molar-refractivity contribution is 0.481. The second kappa shape index (κ2) is 20.0. The third-order valence-corrected chi connectivity index (χ3v) is 13.9. The summed E-state index contributed by atoms with van der Waals surface area (Å²) in [6.07, 6.45) is 3.98. The number of unbranched alkanes of at least 4 members (excludes halogenated alkanes) is 3. The summed E-state index contributed by atoms with van der Waals surface area (Å²) in [7, 11) is -19.3. The quantitative estimate of drug-likeness (QED) is 0.0239. The van der Waals surface area contributed by atoms with Crippen LogP contribution in [0.15, 0.2) is 137 Å². The maximum Gasteiger partial charge on any atom is 0.295 e. The molecule has 0 aliphatic heterocycles. The Kier molecular flexibility index (Phi) is 14.5. The van der Waals surface area contributed by atoms with E-state index in [4.69, 9.17) is 0 Å². The third-order valence-electron chi connectivity index (χ3n) is 10.3. The van der Waals surface area contributed by atoms with Gasteiger partial charge in [-0.2, -0.15) is 69.1 Å². The average Bonchev–Trinajstić information content (AvgIpc) is 3.26. The van der Waals surface area contributed by atoms with Crippen molar-refractivity contribution in [3.8, 4) is 0 Å². The van der Waals surface area contributed by atoms with Crippen molar-refractivity contribution in [2.45, 2.75) is 66.0 Å². The first kappa shape index (κ1) is 50.0. The molecule has 0 atom stereocenters. The predicted octanol–water partition coefficient (Wildman–Crippen LogP) is 10.1. The molecule has 0 amide bonds. The summed E-state index contributed by atoms with van der Waals surface area (Å²) in [5.74, 6) is 0.573. The summed E-state index contributed by atoms with van der Waals surface area (Å²) in [6.45, 7) is 6.15. The van der Waals surface area contributed by atoms with Gasteiger partial charge in [0.15, 0.2) is 0 Å². The summed E-state index contributed by atoms with van der Waals surface area (Å²) in [5, 5.41) is 25.5. The molecule has 360 valence electrons. The van der Waals surface area contributed by atoms with Crippen molar-refractivity contribution < 1.29 is 51.9 Å². The number of azo groups is 2. The summed E-state index contributed by atoms with van der Waals surface area (Å²) in [4.78, 5) is 11.2. The minimum Gasteiger partial charge on any atom is -0.354 e. The van der Waals surface area contributed by atoms with E-state index in [1.165, 1.54) is 36.4 Å². The highest BCUT2D eigenvalue weighted by atomic mass is 32.2. The highest BCUT2D eigenvalue weighted by Gasteiger charge is 2.23. The van der Waals surface area contributed by atoms with Gasteiger partial charge in [-0.15, -0.1) is 0 Å². The van der Waals surface area contributed by atoms with E-state index in [1.54, 1.807) is 50.2 Å². The van der Waals surface area contributed by atoms with Gasteiger partial charge in [0.25, 0.3) is 40.5 Å². The van der Waals surface area contributed by atoms with E-state index in [1.807, 2.05) is 0 Å². The van der Waals surface area contributed by atoms with Crippen LogP contribution in [0.25, 0.3) is 21.5 Å². The van der Waals surface area contributed by atoms with Crippen LogP contribution in [0.2, 0.25) is 0 Å². The van der Waals surface area contributed by atoms with Crippen LogP contribution in [0.5, 0.6) is 0 Å². The lowest BCUT2D eigenvalue weighted by Crippen LogP contribution is -2.10. The monoisotopic (exact) mass is 1020 g/mol. The Hall–Kier alpha value is -6.91. The topological polar surface area (TPSA) is 342 Å². The zero-order valence-corrected chi connectivity index (χ0v) is 39.9. The van der Waals surface area contributed by atoms with Crippen molar-refractivity contribution in [3.63, 3.8) is 0 Å². The number of aryl methyl sites for hydroxylation is 2. The average molecular weight is 1020 g/mol. The van der Waals surface area contributed by atoms with Crippen molar-refractivity contribution in [2.75, 3.05) is 22.5 Å². The van der Waals surface area contributed by atoms with Gasteiger partial charge in [0, 0.05) is 39.5 Å². The Balaban J connectivity index is 1.14. The van der Waals surface area contributed by atoms with E-state index >= 15 is 0 Å². The molecule has 22 nitrogen and oxygen atoms in total. The van der Waals surface area contributed by atoms with Crippen LogP contribution in [0.3, 0.4) is 0 Å². The van der Waals surface area contributed by atoms with Crippen LogP contribution in [-0.2, 0) is 40.5 Å². The first-order chi connectivity index (χ1) is 32.5. The molecule has 0 spiro atoms. The first-order valence-corrected chi connectivity index (χ1v) is 26.4. The van der Waals surface area contributed by atoms with Gasteiger partial charge in [-0.05, 0) is 104 Å². The van der Waals surface area contributed by atoms with E-state index in [9.17, 15) is 51.9 Å². The van der Waals surface area contributed by atoms with Gasteiger partial charge in [0.2, 0.25) is 17.8 Å². The molecule has 26 heteroatoms. The van der Waals surface area contributed by atoms with Crippen LogP contribution in [0.4, 0.5) is 52.0 Å². The standard InChI is InChI=1S/C43H42N10O12S4/c1-4-5-6-7-18-44-41-47-42(45-27-14-16-35(25(2)19-27)52-50-29-21-33-31(39(23-29)68(60,61)62)10-8-12-37(33)66(54,55)56)49-43(48-41)46-28-15-17-36(26(3)20-28)53-51-30-22-34-32(40(24-30)69(63,64)65)11-9-13-38(34)67(57,58)59/h8-17,19-24H,4-7,18H2,1-3H3,(H,54,55,56)(H,57,58,59)(H,60,61,62)(H,63,64,65)(H3,44,45,46,47,48,49). The number of nitrogens with one attached hydrogen (secondary N) is 3. The van der Waals surface area contributed by atoms with Gasteiger partial charge in [0.05, 0.1) is 22.7 Å². The molecule has 0 radical (unpaired) electrons. The highest BCUT2D eigenvalue weighted by molar-refractivity contribution is 7.87. The normalized spacial score (nSPS) is 12.6. The molecular formula is C43H42N10O12S4. The van der Waals surface area contributed by atoms with Crippen LogP contribution in [0, 0.1) is 13.8 Å². The van der Waals surface area contributed by atoms with E-state index < -0.39 is 60.1 Å². The fourth-order valence-electron chi connectivity index (χ4n) is 7.10. The molecule has 7 N–H and O–H groups in total. The van der Waals surface area contributed by atoms with Gasteiger partial charge in [0.1, 0.15) is 19.6 Å². The van der Waals surface area contributed by atoms with Crippen molar-refractivity contribution in [1.29, 1.82) is 0 Å². The molecule has 6 aromatic carbocycles. The molecule has 0 fully saturated rings. The van der Waals surface area contributed by atoms with Gasteiger partial charge >= 0.3 is 0 Å². The van der Waals surface area contributed by atoms with E-state index in [2.05, 4.69) is 58.3 Å². The fraction of sp³-hybridized carbons (Fsp3) is 0.186. The van der Waals surface area contributed by atoms with E-state index in [0.717, 1.165) is 49.9 Å².